The number of hydrogen-bond acceptors (Lipinski definition) is 4. The molecule has 1 aromatic carbocycles. The summed E-state index contributed by atoms with van der Waals surface area (Å²) in [6.07, 6.45) is 0. The van der Waals surface area contributed by atoms with Crippen LogP contribution >= 0.6 is 0 Å². The van der Waals surface area contributed by atoms with Crippen molar-refractivity contribution in [3.8, 4) is 0 Å². The van der Waals surface area contributed by atoms with Gasteiger partial charge in [0, 0.05) is 0 Å². The molecule has 1 rings (SSSR count). The van der Waals surface area contributed by atoms with Crippen molar-refractivity contribution in [2.45, 2.75) is 18.5 Å². The van der Waals surface area contributed by atoms with Crippen LogP contribution in [0.1, 0.15) is 18.5 Å². The lowest BCUT2D eigenvalue weighted by Crippen LogP contribution is -2.56. The maximum Gasteiger partial charge on any atom is 0.0888 e. The van der Waals surface area contributed by atoms with Gasteiger partial charge in [-0.05, 0) is 12.5 Å². The SMILES string of the molecule is C=C(C)C(NC(CO)(CO)CO)c1ccccc1. The molecule has 0 aliphatic carbocycles. The molecule has 1 unspecified atom stereocenters. The molecule has 1 aromatic rings. The maximum atomic E-state index is 9.34. The highest BCUT2D eigenvalue weighted by atomic mass is 16.3. The Morgan fingerprint density at radius 1 is 1.17 bits per heavy atom. The Labute approximate surface area is 108 Å². The highest BCUT2D eigenvalue weighted by Crippen LogP contribution is 2.22. The molecule has 0 spiro atoms. The predicted molar refractivity (Wildman–Crippen MR) is 71.1 cm³/mol. The van der Waals surface area contributed by atoms with E-state index in [9.17, 15) is 15.3 Å². The summed E-state index contributed by atoms with van der Waals surface area (Å²) in [5.74, 6) is 0. The Kier molecular flexibility index (Phi) is 5.50. The Hall–Kier alpha value is -1.20. The zero-order chi connectivity index (χ0) is 13.6. The molecule has 4 heteroatoms. The minimum atomic E-state index is -1.11. The second-order valence-corrected chi connectivity index (χ2v) is 4.59. The smallest absolute Gasteiger partial charge is 0.0888 e. The third kappa shape index (κ3) is 3.40. The van der Waals surface area contributed by atoms with Gasteiger partial charge in [-0.2, -0.15) is 0 Å². The molecule has 0 fully saturated rings. The van der Waals surface area contributed by atoms with Crippen LogP contribution in [0.3, 0.4) is 0 Å². The van der Waals surface area contributed by atoms with Crippen LogP contribution in [0.4, 0.5) is 0 Å². The van der Waals surface area contributed by atoms with Crippen LogP contribution in [0.15, 0.2) is 42.5 Å². The van der Waals surface area contributed by atoms with Crippen LogP contribution in [0.25, 0.3) is 0 Å². The number of rotatable bonds is 7. The highest BCUT2D eigenvalue weighted by molar-refractivity contribution is 5.26. The third-order valence-electron chi connectivity index (χ3n) is 2.98. The van der Waals surface area contributed by atoms with E-state index in [0.717, 1.165) is 11.1 Å². The second kappa shape index (κ2) is 6.66. The first kappa shape index (κ1) is 14.9. The monoisotopic (exact) mass is 251 g/mol. The predicted octanol–water partition coefficient (Wildman–Crippen LogP) is 0.609. The zero-order valence-corrected chi connectivity index (χ0v) is 10.6. The summed E-state index contributed by atoms with van der Waals surface area (Å²) in [6, 6.07) is 9.37. The molecular weight excluding hydrogens is 230 g/mol. The fraction of sp³-hybridized carbons (Fsp3) is 0.429. The van der Waals surface area contributed by atoms with Crippen LogP contribution in [-0.2, 0) is 0 Å². The largest absolute Gasteiger partial charge is 0.394 e. The van der Waals surface area contributed by atoms with Gasteiger partial charge >= 0.3 is 0 Å². The standard InChI is InChI=1S/C14H21NO3/c1-11(2)13(12-6-4-3-5-7-12)15-14(8-16,9-17)10-18/h3-7,13,15-18H,1,8-10H2,2H3. The van der Waals surface area contributed by atoms with Gasteiger partial charge in [-0.15, -0.1) is 0 Å². The van der Waals surface area contributed by atoms with Crippen molar-refractivity contribution in [2.75, 3.05) is 19.8 Å². The first-order valence-electron chi connectivity index (χ1n) is 5.89. The average Bonchev–Trinajstić information content (AvgIpc) is 2.42. The van der Waals surface area contributed by atoms with Gasteiger partial charge in [0.2, 0.25) is 0 Å². The molecule has 0 saturated carbocycles. The van der Waals surface area contributed by atoms with E-state index < -0.39 is 5.54 Å². The Morgan fingerprint density at radius 3 is 2.06 bits per heavy atom. The second-order valence-electron chi connectivity index (χ2n) is 4.59. The molecule has 0 aliphatic heterocycles. The van der Waals surface area contributed by atoms with Crippen molar-refractivity contribution < 1.29 is 15.3 Å². The van der Waals surface area contributed by atoms with E-state index in [1.807, 2.05) is 37.3 Å². The van der Waals surface area contributed by atoms with Gasteiger partial charge in [0.25, 0.3) is 0 Å². The van der Waals surface area contributed by atoms with Crippen molar-refractivity contribution in [1.82, 2.24) is 5.32 Å². The summed E-state index contributed by atoms with van der Waals surface area (Å²) in [7, 11) is 0. The van der Waals surface area contributed by atoms with Crippen molar-refractivity contribution in [1.29, 1.82) is 0 Å². The minimum Gasteiger partial charge on any atom is -0.394 e. The Balaban J connectivity index is 2.97. The van der Waals surface area contributed by atoms with E-state index in [2.05, 4.69) is 11.9 Å². The molecule has 0 heterocycles. The van der Waals surface area contributed by atoms with E-state index in [1.165, 1.54) is 0 Å². The van der Waals surface area contributed by atoms with E-state index >= 15 is 0 Å². The van der Waals surface area contributed by atoms with Gasteiger partial charge in [-0.1, -0.05) is 42.5 Å². The summed E-state index contributed by atoms with van der Waals surface area (Å²) in [4.78, 5) is 0. The van der Waals surface area contributed by atoms with E-state index in [0.29, 0.717) is 0 Å². The normalized spacial score (nSPS) is 13.3. The van der Waals surface area contributed by atoms with Crippen LogP contribution in [0.5, 0.6) is 0 Å². The minimum absolute atomic E-state index is 0.224. The van der Waals surface area contributed by atoms with Gasteiger partial charge in [0.15, 0.2) is 0 Å². The van der Waals surface area contributed by atoms with Crippen molar-refractivity contribution in [2.24, 2.45) is 0 Å². The summed E-state index contributed by atoms with van der Waals surface area (Å²) in [5.41, 5.74) is 0.713. The highest BCUT2D eigenvalue weighted by Gasteiger charge is 2.31. The summed E-state index contributed by atoms with van der Waals surface area (Å²) in [5, 5.41) is 31.1. The van der Waals surface area contributed by atoms with Crippen LogP contribution in [-0.4, -0.2) is 40.7 Å². The number of nitrogens with one attached hydrogen (secondary N) is 1. The number of aliphatic hydroxyl groups excluding tert-OH is 3. The molecule has 100 valence electrons. The molecule has 1 atom stereocenters. The lowest BCUT2D eigenvalue weighted by molar-refractivity contribution is 0.0369. The molecule has 18 heavy (non-hydrogen) atoms. The van der Waals surface area contributed by atoms with E-state index in [-0.39, 0.29) is 25.9 Å². The summed E-state index contributed by atoms with van der Waals surface area (Å²) < 4.78 is 0. The molecule has 0 aliphatic rings. The van der Waals surface area contributed by atoms with Crippen LogP contribution in [0, 0.1) is 0 Å². The van der Waals surface area contributed by atoms with Crippen molar-refractivity contribution >= 4 is 0 Å². The molecule has 0 radical (unpaired) electrons. The number of benzene rings is 1. The number of aliphatic hydroxyl groups is 3. The fourth-order valence-electron chi connectivity index (χ4n) is 1.73. The van der Waals surface area contributed by atoms with Gasteiger partial charge in [0.05, 0.1) is 31.4 Å². The summed E-state index contributed by atoms with van der Waals surface area (Å²) in [6.45, 7) is 4.72. The molecule has 0 bridgehead atoms. The maximum absolute atomic E-state index is 9.34. The molecule has 4 nitrogen and oxygen atoms in total. The quantitative estimate of drug-likeness (QED) is 0.536. The lowest BCUT2D eigenvalue weighted by Gasteiger charge is -2.34. The zero-order valence-electron chi connectivity index (χ0n) is 10.6. The molecular formula is C14H21NO3. The summed E-state index contributed by atoms with van der Waals surface area (Å²) >= 11 is 0. The van der Waals surface area contributed by atoms with Crippen molar-refractivity contribution in [3.63, 3.8) is 0 Å². The van der Waals surface area contributed by atoms with Crippen LogP contribution in [0.2, 0.25) is 0 Å². The molecule has 0 saturated heterocycles. The number of hydrogen-bond donors (Lipinski definition) is 4. The van der Waals surface area contributed by atoms with Crippen molar-refractivity contribution in [3.05, 3.63) is 48.0 Å². The molecule has 4 N–H and O–H groups in total. The first-order chi connectivity index (χ1) is 8.58. The molecule has 0 aromatic heterocycles. The van der Waals surface area contributed by atoms with Gasteiger partial charge < -0.3 is 15.3 Å². The third-order valence-corrected chi connectivity index (χ3v) is 2.98. The molecule has 0 amide bonds. The Bertz CT molecular complexity index is 366. The topological polar surface area (TPSA) is 72.7 Å². The lowest BCUT2D eigenvalue weighted by atomic mass is 9.95. The average molecular weight is 251 g/mol. The van der Waals surface area contributed by atoms with Crippen LogP contribution < -0.4 is 5.32 Å². The van der Waals surface area contributed by atoms with Gasteiger partial charge in [-0.25, -0.2) is 0 Å². The van der Waals surface area contributed by atoms with E-state index in [1.54, 1.807) is 0 Å². The fourth-order valence-corrected chi connectivity index (χ4v) is 1.73. The van der Waals surface area contributed by atoms with Gasteiger partial charge in [0.1, 0.15) is 0 Å². The van der Waals surface area contributed by atoms with Gasteiger partial charge in [-0.3, -0.25) is 5.32 Å². The van der Waals surface area contributed by atoms with E-state index in [4.69, 9.17) is 0 Å². The first-order valence-corrected chi connectivity index (χ1v) is 5.89. The Morgan fingerprint density at radius 2 is 1.67 bits per heavy atom.